The lowest BCUT2D eigenvalue weighted by Gasteiger charge is -2.12. The number of fused-ring (bicyclic) bond motifs is 1. The molecular formula is C22H15Cl3N2O3. The SMILES string of the molecule is COc1c(Cl)cc(Cl)cc1C(=O)Nc1cc(-c2nc3cc(C)ccc3o2)ccc1Cl. The molecule has 5 nitrogen and oxygen atoms in total. The van der Waals surface area contributed by atoms with Crippen LogP contribution in [0, 0.1) is 6.92 Å². The fraction of sp³-hybridized carbons (Fsp3) is 0.0909. The molecule has 0 aliphatic rings. The molecule has 4 rings (SSSR count). The summed E-state index contributed by atoms with van der Waals surface area (Å²) in [6.45, 7) is 1.99. The number of carbonyl (C=O) groups is 1. The number of benzene rings is 3. The topological polar surface area (TPSA) is 64.4 Å². The van der Waals surface area contributed by atoms with Crippen molar-refractivity contribution < 1.29 is 13.9 Å². The van der Waals surface area contributed by atoms with Crippen molar-refractivity contribution >= 4 is 57.5 Å². The Hall–Kier alpha value is -2.73. The maximum atomic E-state index is 12.9. The standard InChI is InChI=1S/C22H15Cl3N2O3/c1-11-3-6-19-18(7-11)27-22(30-19)12-4-5-15(24)17(8-12)26-21(28)14-9-13(23)10-16(25)20(14)29-2/h3-10H,1-2H3,(H,26,28). The van der Waals surface area contributed by atoms with Crippen molar-refractivity contribution in [1.82, 2.24) is 4.98 Å². The Morgan fingerprint density at radius 2 is 1.83 bits per heavy atom. The summed E-state index contributed by atoms with van der Waals surface area (Å²) in [5.41, 5.74) is 3.75. The Balaban J connectivity index is 1.69. The van der Waals surface area contributed by atoms with Crippen LogP contribution in [0.15, 0.2) is 52.9 Å². The van der Waals surface area contributed by atoms with Gasteiger partial charge in [0.2, 0.25) is 5.89 Å². The number of amides is 1. The van der Waals surface area contributed by atoms with Crippen LogP contribution in [-0.4, -0.2) is 18.0 Å². The summed E-state index contributed by atoms with van der Waals surface area (Å²) in [5, 5.41) is 3.67. The van der Waals surface area contributed by atoms with Gasteiger partial charge < -0.3 is 14.5 Å². The molecule has 0 saturated heterocycles. The first-order valence-electron chi connectivity index (χ1n) is 8.87. The van der Waals surface area contributed by atoms with Crippen LogP contribution < -0.4 is 10.1 Å². The summed E-state index contributed by atoms with van der Waals surface area (Å²) in [4.78, 5) is 17.4. The van der Waals surface area contributed by atoms with Crippen molar-refractivity contribution in [3.8, 4) is 17.2 Å². The fourth-order valence-corrected chi connectivity index (χ4v) is 3.78. The van der Waals surface area contributed by atoms with Crippen molar-refractivity contribution in [3.63, 3.8) is 0 Å². The molecule has 8 heteroatoms. The van der Waals surface area contributed by atoms with Gasteiger partial charge in [-0.1, -0.05) is 40.9 Å². The van der Waals surface area contributed by atoms with Crippen LogP contribution in [0.3, 0.4) is 0 Å². The third kappa shape index (κ3) is 3.97. The molecule has 0 aliphatic heterocycles. The Morgan fingerprint density at radius 3 is 2.60 bits per heavy atom. The first kappa shape index (κ1) is 20.5. The lowest BCUT2D eigenvalue weighted by molar-refractivity contribution is 0.102. The van der Waals surface area contributed by atoms with E-state index in [1.54, 1.807) is 18.2 Å². The summed E-state index contributed by atoms with van der Waals surface area (Å²) >= 11 is 18.5. The number of rotatable bonds is 4. The summed E-state index contributed by atoms with van der Waals surface area (Å²) in [5.74, 6) is 0.176. The Bertz CT molecular complexity index is 1280. The van der Waals surface area contributed by atoms with E-state index in [4.69, 9.17) is 44.0 Å². The van der Waals surface area contributed by atoms with E-state index in [0.29, 0.717) is 32.8 Å². The number of nitrogens with one attached hydrogen (secondary N) is 1. The van der Waals surface area contributed by atoms with Gasteiger partial charge in [0.05, 0.1) is 28.4 Å². The Kier molecular flexibility index (Phi) is 5.60. The molecule has 0 atom stereocenters. The van der Waals surface area contributed by atoms with Crippen LogP contribution in [0.25, 0.3) is 22.6 Å². The summed E-state index contributed by atoms with van der Waals surface area (Å²) < 4.78 is 11.1. The molecule has 1 amide bonds. The number of methoxy groups -OCH3 is 1. The van der Waals surface area contributed by atoms with Crippen LogP contribution in [0.4, 0.5) is 5.69 Å². The molecule has 0 fully saturated rings. The number of nitrogens with zero attached hydrogens (tertiary/aromatic N) is 1. The number of ether oxygens (including phenoxy) is 1. The minimum Gasteiger partial charge on any atom is -0.494 e. The molecule has 4 aromatic rings. The number of anilines is 1. The quantitative estimate of drug-likeness (QED) is 0.354. The molecule has 0 saturated carbocycles. The first-order valence-corrected chi connectivity index (χ1v) is 10.0. The number of hydrogen-bond donors (Lipinski definition) is 1. The van der Waals surface area contributed by atoms with Gasteiger partial charge in [-0.2, -0.15) is 0 Å². The number of oxazole rings is 1. The predicted molar refractivity (Wildman–Crippen MR) is 120 cm³/mol. The minimum atomic E-state index is -0.469. The van der Waals surface area contributed by atoms with Crippen LogP contribution in [0.1, 0.15) is 15.9 Å². The molecule has 0 spiro atoms. The average molecular weight is 462 g/mol. The first-order chi connectivity index (χ1) is 14.4. The number of halogens is 3. The maximum Gasteiger partial charge on any atom is 0.259 e. The Labute approximate surface area is 187 Å². The van der Waals surface area contributed by atoms with Crippen molar-refractivity contribution in [2.45, 2.75) is 6.92 Å². The molecule has 152 valence electrons. The van der Waals surface area contributed by atoms with Gasteiger partial charge in [0.25, 0.3) is 5.91 Å². The third-order valence-corrected chi connectivity index (χ3v) is 5.29. The van der Waals surface area contributed by atoms with E-state index < -0.39 is 5.91 Å². The number of hydrogen-bond acceptors (Lipinski definition) is 4. The molecule has 1 aromatic heterocycles. The smallest absolute Gasteiger partial charge is 0.259 e. The summed E-state index contributed by atoms with van der Waals surface area (Å²) in [6, 6.07) is 13.9. The van der Waals surface area contributed by atoms with Gasteiger partial charge in [-0.3, -0.25) is 4.79 Å². The van der Waals surface area contributed by atoms with E-state index in [0.717, 1.165) is 11.1 Å². The number of aromatic nitrogens is 1. The van der Waals surface area contributed by atoms with Gasteiger partial charge in [0.15, 0.2) is 5.58 Å². The van der Waals surface area contributed by atoms with Gasteiger partial charge in [-0.05, 0) is 55.0 Å². The molecular weight excluding hydrogens is 447 g/mol. The summed E-state index contributed by atoms with van der Waals surface area (Å²) in [7, 11) is 1.43. The second-order valence-corrected chi connectivity index (χ2v) is 7.86. The summed E-state index contributed by atoms with van der Waals surface area (Å²) in [6.07, 6.45) is 0. The molecule has 30 heavy (non-hydrogen) atoms. The fourth-order valence-electron chi connectivity index (χ4n) is 3.04. The van der Waals surface area contributed by atoms with Gasteiger partial charge in [-0.15, -0.1) is 0 Å². The molecule has 0 radical (unpaired) electrons. The highest BCUT2D eigenvalue weighted by Crippen LogP contribution is 2.34. The normalized spacial score (nSPS) is 11.0. The van der Waals surface area contributed by atoms with E-state index in [1.165, 1.54) is 19.2 Å². The molecule has 1 N–H and O–H groups in total. The largest absolute Gasteiger partial charge is 0.494 e. The number of aryl methyl sites for hydroxylation is 1. The lowest BCUT2D eigenvalue weighted by Crippen LogP contribution is -2.14. The highest BCUT2D eigenvalue weighted by atomic mass is 35.5. The van der Waals surface area contributed by atoms with Gasteiger partial charge in [0, 0.05) is 10.6 Å². The van der Waals surface area contributed by atoms with E-state index in [2.05, 4.69) is 10.3 Å². The van der Waals surface area contributed by atoms with E-state index >= 15 is 0 Å². The zero-order valence-electron chi connectivity index (χ0n) is 15.9. The van der Waals surface area contributed by atoms with E-state index in [1.807, 2.05) is 25.1 Å². The van der Waals surface area contributed by atoms with Crippen LogP contribution in [-0.2, 0) is 0 Å². The highest BCUT2D eigenvalue weighted by Gasteiger charge is 2.19. The zero-order chi connectivity index (χ0) is 21.4. The van der Waals surface area contributed by atoms with Crippen LogP contribution >= 0.6 is 34.8 Å². The van der Waals surface area contributed by atoms with Crippen molar-refractivity contribution in [2.75, 3.05) is 12.4 Å². The third-order valence-electron chi connectivity index (χ3n) is 4.46. The number of carbonyl (C=O) groups excluding carboxylic acids is 1. The van der Waals surface area contributed by atoms with Crippen molar-refractivity contribution in [1.29, 1.82) is 0 Å². The van der Waals surface area contributed by atoms with E-state index in [-0.39, 0.29) is 16.3 Å². The molecule has 3 aromatic carbocycles. The maximum absolute atomic E-state index is 12.9. The zero-order valence-corrected chi connectivity index (χ0v) is 18.2. The van der Waals surface area contributed by atoms with Crippen molar-refractivity contribution in [2.24, 2.45) is 0 Å². The van der Waals surface area contributed by atoms with Crippen LogP contribution in [0.5, 0.6) is 5.75 Å². The molecule has 0 aliphatic carbocycles. The second-order valence-electron chi connectivity index (χ2n) is 6.61. The predicted octanol–water partition coefficient (Wildman–Crippen LogP) is 7.02. The average Bonchev–Trinajstić information content (AvgIpc) is 3.12. The van der Waals surface area contributed by atoms with Gasteiger partial charge in [-0.25, -0.2) is 4.98 Å². The molecule has 1 heterocycles. The van der Waals surface area contributed by atoms with Gasteiger partial charge >= 0.3 is 0 Å². The second kappa shape index (κ2) is 8.19. The Morgan fingerprint density at radius 1 is 1.03 bits per heavy atom. The van der Waals surface area contributed by atoms with E-state index in [9.17, 15) is 4.79 Å². The van der Waals surface area contributed by atoms with Gasteiger partial charge in [0.1, 0.15) is 11.3 Å². The van der Waals surface area contributed by atoms with Crippen molar-refractivity contribution in [3.05, 3.63) is 74.7 Å². The minimum absolute atomic E-state index is 0.189. The highest BCUT2D eigenvalue weighted by molar-refractivity contribution is 6.37. The van der Waals surface area contributed by atoms with Crippen LogP contribution in [0.2, 0.25) is 15.1 Å². The monoisotopic (exact) mass is 460 g/mol. The molecule has 0 bridgehead atoms. The lowest BCUT2D eigenvalue weighted by atomic mass is 10.1. The molecule has 0 unspecified atom stereocenters.